The maximum Gasteiger partial charge on any atom is 0.191 e. The molecule has 0 radical (unpaired) electrons. The molecule has 0 aliphatic heterocycles. The van der Waals surface area contributed by atoms with Gasteiger partial charge in [0.15, 0.2) is 5.96 Å². The number of nitrogens with zero attached hydrogens (tertiary/aromatic N) is 4. The Morgan fingerprint density at radius 3 is 2.68 bits per heavy atom. The molecule has 7 nitrogen and oxygen atoms in total. The molecule has 1 heterocycles. The van der Waals surface area contributed by atoms with Crippen LogP contribution in [0.2, 0.25) is 0 Å². The molecule has 0 spiro atoms. The normalized spacial score (nSPS) is 13.0. The number of methoxy groups -OCH3 is 1. The molecule has 118 valence electrons. The number of ether oxygens (including phenoxy) is 1. The van der Waals surface area contributed by atoms with Gasteiger partial charge in [-0.3, -0.25) is 9.67 Å². The van der Waals surface area contributed by atoms with Crippen LogP contribution in [0.25, 0.3) is 0 Å². The van der Waals surface area contributed by atoms with Gasteiger partial charge in [0, 0.05) is 27.7 Å². The number of nitrogens with one attached hydrogen (secondary N) is 2. The lowest BCUT2D eigenvalue weighted by Gasteiger charge is -2.18. The molecule has 0 amide bonds. The molecule has 0 saturated carbocycles. The number of hydrogen-bond donors (Lipinski definition) is 2. The molecule has 1 aromatic heterocycles. The van der Waals surface area contributed by atoms with Gasteiger partial charge in [-0.1, -0.05) is 30.3 Å². The number of aliphatic imine (C=N–C) groups is 1. The molecule has 1 unspecified atom stereocenters. The van der Waals surface area contributed by atoms with Gasteiger partial charge in [0.1, 0.15) is 12.2 Å². The SMILES string of the molecule is CN=C(NCc1ncnn1C)NCC(OC)c1ccccc1. The van der Waals surface area contributed by atoms with E-state index < -0.39 is 0 Å². The minimum Gasteiger partial charge on any atom is -0.375 e. The quantitative estimate of drug-likeness (QED) is 0.611. The lowest BCUT2D eigenvalue weighted by atomic mass is 10.1. The monoisotopic (exact) mass is 302 g/mol. The van der Waals surface area contributed by atoms with Crippen LogP contribution in [-0.2, 0) is 18.3 Å². The van der Waals surface area contributed by atoms with Gasteiger partial charge in [-0.2, -0.15) is 5.10 Å². The molecule has 0 saturated heterocycles. The highest BCUT2D eigenvalue weighted by atomic mass is 16.5. The van der Waals surface area contributed by atoms with Crippen LogP contribution < -0.4 is 10.6 Å². The average molecular weight is 302 g/mol. The van der Waals surface area contributed by atoms with Crippen molar-refractivity contribution in [1.29, 1.82) is 0 Å². The van der Waals surface area contributed by atoms with Crippen LogP contribution in [0.5, 0.6) is 0 Å². The van der Waals surface area contributed by atoms with Crippen molar-refractivity contribution in [2.75, 3.05) is 20.7 Å². The Bertz CT molecular complexity index is 595. The van der Waals surface area contributed by atoms with Crippen LogP contribution in [0, 0.1) is 0 Å². The highest BCUT2D eigenvalue weighted by molar-refractivity contribution is 5.79. The molecular weight excluding hydrogens is 280 g/mol. The van der Waals surface area contributed by atoms with Gasteiger partial charge in [-0.15, -0.1) is 0 Å². The zero-order valence-electron chi connectivity index (χ0n) is 13.2. The summed E-state index contributed by atoms with van der Waals surface area (Å²) in [6, 6.07) is 10.1. The topological polar surface area (TPSA) is 76.4 Å². The molecule has 0 aliphatic carbocycles. The fraction of sp³-hybridized carbons (Fsp3) is 0.400. The standard InChI is InChI=1S/C15H22N6O/c1-16-15(18-10-14-19-11-20-21(14)2)17-9-13(22-3)12-7-5-4-6-8-12/h4-8,11,13H,9-10H2,1-3H3,(H2,16,17,18). The third-order valence-corrected chi connectivity index (χ3v) is 3.35. The van der Waals surface area contributed by atoms with Crippen molar-refractivity contribution < 1.29 is 4.74 Å². The average Bonchev–Trinajstić information content (AvgIpc) is 2.97. The van der Waals surface area contributed by atoms with Gasteiger partial charge in [-0.05, 0) is 5.56 Å². The van der Waals surface area contributed by atoms with E-state index in [-0.39, 0.29) is 6.10 Å². The number of rotatable bonds is 6. The molecule has 0 fully saturated rings. The Kier molecular flexibility index (Phi) is 5.91. The summed E-state index contributed by atoms with van der Waals surface area (Å²) in [4.78, 5) is 8.36. The molecule has 1 atom stereocenters. The summed E-state index contributed by atoms with van der Waals surface area (Å²) in [5.74, 6) is 1.54. The van der Waals surface area contributed by atoms with Crippen molar-refractivity contribution in [3.8, 4) is 0 Å². The molecule has 0 aliphatic rings. The summed E-state index contributed by atoms with van der Waals surface area (Å²) in [7, 11) is 5.29. The number of aryl methyl sites for hydroxylation is 1. The highest BCUT2D eigenvalue weighted by Crippen LogP contribution is 2.14. The molecule has 22 heavy (non-hydrogen) atoms. The van der Waals surface area contributed by atoms with E-state index in [1.165, 1.54) is 6.33 Å². The Balaban J connectivity index is 1.86. The largest absolute Gasteiger partial charge is 0.375 e. The summed E-state index contributed by atoms with van der Waals surface area (Å²) >= 11 is 0. The molecule has 7 heteroatoms. The van der Waals surface area contributed by atoms with Gasteiger partial charge in [0.05, 0.1) is 12.6 Å². The fourth-order valence-electron chi connectivity index (χ4n) is 2.06. The number of aromatic nitrogens is 3. The van der Waals surface area contributed by atoms with Crippen LogP contribution in [0.1, 0.15) is 17.5 Å². The van der Waals surface area contributed by atoms with Crippen molar-refractivity contribution >= 4 is 5.96 Å². The Morgan fingerprint density at radius 1 is 1.32 bits per heavy atom. The second-order valence-corrected chi connectivity index (χ2v) is 4.74. The summed E-state index contributed by atoms with van der Waals surface area (Å²) in [6.45, 7) is 1.18. The van der Waals surface area contributed by atoms with Crippen LogP contribution in [0.15, 0.2) is 41.7 Å². The van der Waals surface area contributed by atoms with E-state index in [9.17, 15) is 0 Å². The van der Waals surface area contributed by atoms with Gasteiger partial charge in [0.2, 0.25) is 0 Å². The van der Waals surface area contributed by atoms with E-state index in [2.05, 4.69) is 25.7 Å². The minimum absolute atomic E-state index is 0.0328. The first-order valence-electron chi connectivity index (χ1n) is 7.09. The molecule has 1 aromatic carbocycles. The summed E-state index contributed by atoms with van der Waals surface area (Å²) in [6.07, 6.45) is 1.50. The van der Waals surface area contributed by atoms with E-state index in [1.807, 2.05) is 37.4 Å². The van der Waals surface area contributed by atoms with Crippen molar-refractivity contribution in [3.63, 3.8) is 0 Å². The predicted octanol–water partition coefficient (Wildman–Crippen LogP) is 0.868. The zero-order chi connectivity index (χ0) is 15.8. The maximum atomic E-state index is 5.53. The van der Waals surface area contributed by atoms with Crippen molar-refractivity contribution in [2.24, 2.45) is 12.0 Å². The first kappa shape index (κ1) is 16.0. The van der Waals surface area contributed by atoms with Crippen molar-refractivity contribution in [2.45, 2.75) is 12.6 Å². The van der Waals surface area contributed by atoms with E-state index in [4.69, 9.17) is 4.74 Å². The summed E-state index contributed by atoms with van der Waals surface area (Å²) < 4.78 is 7.25. The lowest BCUT2D eigenvalue weighted by Crippen LogP contribution is -2.39. The van der Waals surface area contributed by atoms with Gasteiger partial charge in [0.25, 0.3) is 0 Å². The smallest absolute Gasteiger partial charge is 0.191 e. The minimum atomic E-state index is -0.0328. The molecular formula is C15H22N6O. The van der Waals surface area contributed by atoms with Crippen LogP contribution in [-0.4, -0.2) is 41.4 Å². The number of benzene rings is 1. The molecule has 2 N–H and O–H groups in total. The Labute approximate surface area is 130 Å². The number of hydrogen-bond acceptors (Lipinski definition) is 4. The second kappa shape index (κ2) is 8.14. The lowest BCUT2D eigenvalue weighted by molar-refractivity contribution is 0.106. The van der Waals surface area contributed by atoms with Gasteiger partial charge in [-0.25, -0.2) is 4.98 Å². The van der Waals surface area contributed by atoms with Crippen LogP contribution in [0.4, 0.5) is 0 Å². The predicted molar refractivity (Wildman–Crippen MR) is 85.4 cm³/mol. The van der Waals surface area contributed by atoms with Gasteiger partial charge >= 0.3 is 0 Å². The van der Waals surface area contributed by atoms with E-state index in [0.717, 1.165) is 11.4 Å². The molecule has 0 bridgehead atoms. The van der Waals surface area contributed by atoms with Crippen LogP contribution in [0.3, 0.4) is 0 Å². The molecule has 2 aromatic rings. The van der Waals surface area contributed by atoms with Gasteiger partial charge < -0.3 is 15.4 Å². The van der Waals surface area contributed by atoms with E-state index in [1.54, 1.807) is 18.8 Å². The third kappa shape index (κ3) is 4.29. The third-order valence-electron chi connectivity index (χ3n) is 3.35. The molecule has 2 rings (SSSR count). The summed E-state index contributed by atoms with van der Waals surface area (Å²) in [5, 5.41) is 10.5. The van der Waals surface area contributed by atoms with Crippen molar-refractivity contribution in [1.82, 2.24) is 25.4 Å². The first-order valence-corrected chi connectivity index (χ1v) is 7.09. The maximum absolute atomic E-state index is 5.53. The summed E-state index contributed by atoms with van der Waals surface area (Å²) in [5.41, 5.74) is 1.13. The number of guanidine groups is 1. The highest BCUT2D eigenvalue weighted by Gasteiger charge is 2.11. The zero-order valence-corrected chi connectivity index (χ0v) is 13.2. The van der Waals surface area contributed by atoms with Crippen LogP contribution >= 0.6 is 0 Å². The first-order chi connectivity index (χ1) is 10.7. The Hall–Kier alpha value is -2.41. The van der Waals surface area contributed by atoms with E-state index >= 15 is 0 Å². The van der Waals surface area contributed by atoms with Crippen molar-refractivity contribution in [3.05, 3.63) is 48.0 Å². The fourth-order valence-corrected chi connectivity index (χ4v) is 2.06. The Morgan fingerprint density at radius 2 is 2.09 bits per heavy atom. The van der Waals surface area contributed by atoms with E-state index in [0.29, 0.717) is 19.0 Å². The second-order valence-electron chi connectivity index (χ2n) is 4.74.